The van der Waals surface area contributed by atoms with Gasteiger partial charge in [-0.3, -0.25) is 4.79 Å². The Balaban J connectivity index is 1.51. The van der Waals surface area contributed by atoms with Crippen LogP contribution in [0.4, 0.5) is 22.0 Å². The minimum atomic E-state index is -0.279. The van der Waals surface area contributed by atoms with Crippen molar-refractivity contribution in [2.75, 3.05) is 28.6 Å². The van der Waals surface area contributed by atoms with Gasteiger partial charge in [0.05, 0.1) is 0 Å². The molecule has 0 unspecified atom stereocenters. The summed E-state index contributed by atoms with van der Waals surface area (Å²) in [5.74, 6) is 0.845. The van der Waals surface area contributed by atoms with E-state index in [1.165, 1.54) is 26.2 Å². The average molecular weight is 367 g/mol. The van der Waals surface area contributed by atoms with E-state index in [9.17, 15) is 9.59 Å². The number of amides is 3. The SMILES string of the molecule is CC(=O)Nc1ccc(NC(=O)NCc2ccnc(N3CCCCC3)c2)cc1. The molecule has 2 heterocycles. The minimum Gasteiger partial charge on any atom is -0.357 e. The van der Waals surface area contributed by atoms with Crippen molar-refractivity contribution in [2.45, 2.75) is 32.7 Å². The fourth-order valence-corrected chi connectivity index (χ4v) is 3.06. The molecule has 0 bridgehead atoms. The number of hydrogen-bond acceptors (Lipinski definition) is 4. The van der Waals surface area contributed by atoms with Gasteiger partial charge in [-0.05, 0) is 61.2 Å². The van der Waals surface area contributed by atoms with Crippen LogP contribution in [-0.2, 0) is 11.3 Å². The van der Waals surface area contributed by atoms with Crippen LogP contribution in [0.3, 0.4) is 0 Å². The van der Waals surface area contributed by atoms with Crippen LogP contribution in [0.2, 0.25) is 0 Å². The largest absolute Gasteiger partial charge is 0.357 e. The number of hydrogen-bond donors (Lipinski definition) is 3. The molecular formula is C20H25N5O2. The van der Waals surface area contributed by atoms with E-state index < -0.39 is 0 Å². The summed E-state index contributed by atoms with van der Waals surface area (Å²) >= 11 is 0. The number of urea groups is 1. The highest BCUT2D eigenvalue weighted by Gasteiger charge is 2.12. The second-order valence-electron chi connectivity index (χ2n) is 6.64. The Morgan fingerprint density at radius 1 is 1.00 bits per heavy atom. The van der Waals surface area contributed by atoms with Crippen molar-refractivity contribution in [3.8, 4) is 0 Å². The van der Waals surface area contributed by atoms with E-state index >= 15 is 0 Å². The normalized spacial score (nSPS) is 13.7. The molecule has 3 rings (SSSR count). The van der Waals surface area contributed by atoms with Gasteiger partial charge in [0.1, 0.15) is 5.82 Å². The third-order valence-electron chi connectivity index (χ3n) is 4.41. The van der Waals surface area contributed by atoms with E-state index in [-0.39, 0.29) is 11.9 Å². The zero-order valence-electron chi connectivity index (χ0n) is 15.5. The van der Waals surface area contributed by atoms with Crippen LogP contribution in [0.25, 0.3) is 0 Å². The highest BCUT2D eigenvalue weighted by molar-refractivity contribution is 5.91. The molecule has 3 amide bonds. The van der Waals surface area contributed by atoms with Crippen molar-refractivity contribution < 1.29 is 9.59 Å². The Morgan fingerprint density at radius 2 is 1.67 bits per heavy atom. The zero-order chi connectivity index (χ0) is 19.1. The third-order valence-corrected chi connectivity index (χ3v) is 4.41. The van der Waals surface area contributed by atoms with Crippen LogP contribution < -0.4 is 20.9 Å². The topological polar surface area (TPSA) is 86.4 Å². The van der Waals surface area contributed by atoms with Crippen molar-refractivity contribution in [2.24, 2.45) is 0 Å². The average Bonchev–Trinajstić information content (AvgIpc) is 2.68. The summed E-state index contributed by atoms with van der Waals surface area (Å²) in [4.78, 5) is 29.9. The predicted molar refractivity (Wildman–Crippen MR) is 107 cm³/mol. The molecule has 0 spiro atoms. The van der Waals surface area contributed by atoms with E-state index in [2.05, 4.69) is 25.8 Å². The molecule has 0 aliphatic carbocycles. The molecule has 1 aromatic heterocycles. The number of carbonyl (C=O) groups excluding carboxylic acids is 2. The Labute approximate surface area is 159 Å². The first-order valence-electron chi connectivity index (χ1n) is 9.22. The fourth-order valence-electron chi connectivity index (χ4n) is 3.06. The monoisotopic (exact) mass is 367 g/mol. The molecule has 1 fully saturated rings. The second kappa shape index (κ2) is 9.02. The van der Waals surface area contributed by atoms with Crippen molar-refractivity contribution >= 4 is 29.1 Å². The number of carbonyl (C=O) groups is 2. The molecule has 142 valence electrons. The Bertz CT molecular complexity index is 785. The van der Waals surface area contributed by atoms with Crippen LogP contribution in [0.15, 0.2) is 42.6 Å². The van der Waals surface area contributed by atoms with Gasteiger partial charge in [-0.2, -0.15) is 0 Å². The Hall–Kier alpha value is -3.09. The third kappa shape index (κ3) is 5.70. The molecule has 27 heavy (non-hydrogen) atoms. The predicted octanol–water partition coefficient (Wildman–Crippen LogP) is 3.35. The summed E-state index contributed by atoms with van der Waals surface area (Å²) in [6.45, 7) is 3.96. The van der Waals surface area contributed by atoms with Crippen LogP contribution >= 0.6 is 0 Å². The number of nitrogens with zero attached hydrogens (tertiary/aromatic N) is 2. The molecule has 1 saturated heterocycles. The maximum atomic E-state index is 12.1. The molecule has 0 atom stereocenters. The summed E-state index contributed by atoms with van der Waals surface area (Å²) in [7, 11) is 0. The summed E-state index contributed by atoms with van der Waals surface area (Å²) in [5.41, 5.74) is 2.36. The van der Waals surface area contributed by atoms with Gasteiger partial charge in [-0.25, -0.2) is 9.78 Å². The van der Waals surface area contributed by atoms with Gasteiger partial charge >= 0.3 is 6.03 Å². The van der Waals surface area contributed by atoms with E-state index in [1.54, 1.807) is 30.5 Å². The molecule has 0 saturated carbocycles. The minimum absolute atomic E-state index is 0.130. The lowest BCUT2D eigenvalue weighted by Crippen LogP contribution is -2.31. The zero-order valence-corrected chi connectivity index (χ0v) is 15.5. The van der Waals surface area contributed by atoms with Gasteiger partial charge in [0.2, 0.25) is 5.91 Å². The van der Waals surface area contributed by atoms with Gasteiger partial charge < -0.3 is 20.9 Å². The summed E-state index contributed by atoms with van der Waals surface area (Å²) in [6, 6.07) is 10.6. The Morgan fingerprint density at radius 3 is 2.33 bits per heavy atom. The quantitative estimate of drug-likeness (QED) is 0.756. The van der Waals surface area contributed by atoms with Crippen LogP contribution in [0.5, 0.6) is 0 Å². The van der Waals surface area contributed by atoms with Gasteiger partial charge in [-0.15, -0.1) is 0 Å². The van der Waals surface area contributed by atoms with E-state index in [0.717, 1.165) is 24.5 Å². The van der Waals surface area contributed by atoms with Gasteiger partial charge in [0, 0.05) is 44.1 Å². The molecule has 1 aliphatic rings. The van der Waals surface area contributed by atoms with Crippen LogP contribution in [-0.4, -0.2) is 30.0 Å². The smallest absolute Gasteiger partial charge is 0.319 e. The van der Waals surface area contributed by atoms with Crippen molar-refractivity contribution in [1.82, 2.24) is 10.3 Å². The molecular weight excluding hydrogens is 342 g/mol. The maximum absolute atomic E-state index is 12.1. The number of anilines is 3. The molecule has 2 aromatic rings. The fraction of sp³-hybridized carbons (Fsp3) is 0.350. The number of rotatable bonds is 5. The Kier molecular flexibility index (Phi) is 6.25. The number of nitrogens with one attached hydrogen (secondary N) is 3. The first-order valence-corrected chi connectivity index (χ1v) is 9.22. The van der Waals surface area contributed by atoms with E-state index in [1.807, 2.05) is 12.1 Å². The van der Waals surface area contributed by atoms with E-state index in [0.29, 0.717) is 17.9 Å². The standard InChI is InChI=1S/C20H25N5O2/c1-15(26)23-17-5-7-18(8-6-17)24-20(27)22-14-16-9-10-21-19(13-16)25-11-3-2-4-12-25/h5-10,13H,2-4,11-12,14H2,1H3,(H,23,26)(H2,22,24,27). The molecule has 3 N–H and O–H groups in total. The van der Waals surface area contributed by atoms with E-state index in [4.69, 9.17) is 0 Å². The van der Waals surface area contributed by atoms with Crippen LogP contribution in [0, 0.1) is 0 Å². The van der Waals surface area contributed by atoms with Crippen molar-refractivity contribution in [3.63, 3.8) is 0 Å². The summed E-state index contributed by atoms with van der Waals surface area (Å²) < 4.78 is 0. The lowest BCUT2D eigenvalue weighted by molar-refractivity contribution is -0.114. The maximum Gasteiger partial charge on any atom is 0.319 e. The molecule has 1 aromatic carbocycles. The summed E-state index contributed by atoms with van der Waals surface area (Å²) in [5, 5.41) is 8.33. The first-order chi connectivity index (χ1) is 13.1. The molecule has 1 aliphatic heterocycles. The number of aromatic nitrogens is 1. The van der Waals surface area contributed by atoms with Crippen LogP contribution in [0.1, 0.15) is 31.7 Å². The van der Waals surface area contributed by atoms with Gasteiger partial charge in [0.15, 0.2) is 0 Å². The van der Waals surface area contributed by atoms with Crippen molar-refractivity contribution in [3.05, 3.63) is 48.2 Å². The number of pyridine rings is 1. The molecule has 0 radical (unpaired) electrons. The summed E-state index contributed by atoms with van der Waals surface area (Å²) in [6.07, 6.45) is 5.48. The lowest BCUT2D eigenvalue weighted by Gasteiger charge is -2.27. The second-order valence-corrected chi connectivity index (χ2v) is 6.64. The highest BCUT2D eigenvalue weighted by Crippen LogP contribution is 2.18. The number of piperidine rings is 1. The van der Waals surface area contributed by atoms with Crippen molar-refractivity contribution in [1.29, 1.82) is 0 Å². The lowest BCUT2D eigenvalue weighted by atomic mass is 10.1. The molecule has 7 nitrogen and oxygen atoms in total. The number of benzene rings is 1. The molecule has 7 heteroatoms. The van der Waals surface area contributed by atoms with Gasteiger partial charge in [-0.1, -0.05) is 0 Å². The van der Waals surface area contributed by atoms with Gasteiger partial charge in [0.25, 0.3) is 0 Å². The highest BCUT2D eigenvalue weighted by atomic mass is 16.2. The first kappa shape index (κ1) is 18.7.